The highest BCUT2D eigenvalue weighted by Gasteiger charge is 2.14. The molecular weight excluding hydrogens is 316 g/mol. The second-order valence-electron chi connectivity index (χ2n) is 6.22. The number of esters is 1. The fourth-order valence-corrected chi connectivity index (χ4v) is 2.99. The van der Waals surface area contributed by atoms with Crippen LogP contribution in [0.4, 0.5) is 11.4 Å². The van der Waals surface area contributed by atoms with E-state index in [9.17, 15) is 9.59 Å². The SMILES string of the molecule is COC(=O)c1ccc(C)c(NC(=O)c2ccc(N3CCCC3)cc2)c1. The maximum absolute atomic E-state index is 12.5. The van der Waals surface area contributed by atoms with Crippen molar-refractivity contribution in [3.8, 4) is 0 Å². The van der Waals surface area contributed by atoms with Gasteiger partial charge in [0.1, 0.15) is 0 Å². The Balaban J connectivity index is 1.74. The van der Waals surface area contributed by atoms with E-state index in [1.807, 2.05) is 31.2 Å². The fourth-order valence-electron chi connectivity index (χ4n) is 2.99. The minimum Gasteiger partial charge on any atom is -0.465 e. The quantitative estimate of drug-likeness (QED) is 0.865. The van der Waals surface area contributed by atoms with Crippen molar-refractivity contribution in [3.63, 3.8) is 0 Å². The van der Waals surface area contributed by atoms with Gasteiger partial charge < -0.3 is 15.0 Å². The van der Waals surface area contributed by atoms with Gasteiger partial charge in [0, 0.05) is 30.0 Å². The van der Waals surface area contributed by atoms with E-state index in [2.05, 4.69) is 10.2 Å². The van der Waals surface area contributed by atoms with Crippen LogP contribution in [0.5, 0.6) is 0 Å². The predicted molar refractivity (Wildman–Crippen MR) is 98.4 cm³/mol. The monoisotopic (exact) mass is 338 g/mol. The highest BCUT2D eigenvalue weighted by atomic mass is 16.5. The van der Waals surface area contributed by atoms with Crippen LogP contribution in [0.1, 0.15) is 39.1 Å². The molecule has 25 heavy (non-hydrogen) atoms. The third kappa shape index (κ3) is 3.82. The molecule has 1 aliphatic heterocycles. The first-order valence-electron chi connectivity index (χ1n) is 8.44. The number of carbonyl (C=O) groups is 2. The molecule has 1 N–H and O–H groups in total. The minimum absolute atomic E-state index is 0.196. The van der Waals surface area contributed by atoms with Gasteiger partial charge >= 0.3 is 5.97 Å². The largest absolute Gasteiger partial charge is 0.465 e. The predicted octanol–water partition coefficient (Wildman–Crippen LogP) is 3.63. The summed E-state index contributed by atoms with van der Waals surface area (Å²) in [7, 11) is 1.34. The van der Waals surface area contributed by atoms with Crippen LogP contribution < -0.4 is 10.2 Å². The Bertz CT molecular complexity index is 778. The maximum atomic E-state index is 12.5. The van der Waals surface area contributed by atoms with Crippen molar-refractivity contribution < 1.29 is 14.3 Å². The van der Waals surface area contributed by atoms with Gasteiger partial charge in [0.2, 0.25) is 0 Å². The van der Waals surface area contributed by atoms with Crippen molar-refractivity contribution in [2.24, 2.45) is 0 Å². The molecule has 0 saturated carbocycles. The second-order valence-corrected chi connectivity index (χ2v) is 6.22. The van der Waals surface area contributed by atoms with Gasteiger partial charge in [-0.15, -0.1) is 0 Å². The molecule has 0 bridgehead atoms. The zero-order valence-corrected chi connectivity index (χ0v) is 14.5. The molecule has 1 fully saturated rings. The average molecular weight is 338 g/mol. The van der Waals surface area contributed by atoms with E-state index >= 15 is 0 Å². The first-order valence-corrected chi connectivity index (χ1v) is 8.44. The first-order chi connectivity index (χ1) is 12.1. The van der Waals surface area contributed by atoms with Crippen molar-refractivity contribution in [2.75, 3.05) is 30.4 Å². The lowest BCUT2D eigenvalue weighted by molar-refractivity contribution is 0.0600. The Morgan fingerprint density at radius 3 is 2.28 bits per heavy atom. The van der Waals surface area contributed by atoms with Gasteiger partial charge in [0.25, 0.3) is 5.91 Å². The van der Waals surface area contributed by atoms with Crippen LogP contribution in [0, 0.1) is 6.92 Å². The average Bonchev–Trinajstić information content (AvgIpc) is 3.17. The molecule has 0 aliphatic carbocycles. The van der Waals surface area contributed by atoms with E-state index in [-0.39, 0.29) is 5.91 Å². The second kappa shape index (κ2) is 7.38. The van der Waals surface area contributed by atoms with Gasteiger partial charge in [-0.2, -0.15) is 0 Å². The lowest BCUT2D eigenvalue weighted by Gasteiger charge is -2.17. The number of hydrogen-bond acceptors (Lipinski definition) is 4. The molecule has 2 aromatic rings. The molecule has 5 heteroatoms. The third-order valence-electron chi connectivity index (χ3n) is 4.51. The van der Waals surface area contributed by atoms with Crippen molar-refractivity contribution in [1.82, 2.24) is 0 Å². The third-order valence-corrected chi connectivity index (χ3v) is 4.51. The minimum atomic E-state index is -0.425. The van der Waals surface area contributed by atoms with Crippen LogP contribution >= 0.6 is 0 Å². The summed E-state index contributed by atoms with van der Waals surface area (Å²) in [5.74, 6) is -0.622. The maximum Gasteiger partial charge on any atom is 0.337 e. The number of aryl methyl sites for hydroxylation is 1. The zero-order valence-electron chi connectivity index (χ0n) is 14.5. The summed E-state index contributed by atoms with van der Waals surface area (Å²) in [6.07, 6.45) is 2.44. The molecular formula is C20H22N2O3. The Morgan fingerprint density at radius 2 is 1.64 bits per heavy atom. The van der Waals surface area contributed by atoms with Crippen LogP contribution in [-0.4, -0.2) is 32.1 Å². The highest BCUT2D eigenvalue weighted by Crippen LogP contribution is 2.22. The van der Waals surface area contributed by atoms with E-state index in [4.69, 9.17) is 4.74 Å². The van der Waals surface area contributed by atoms with Crippen molar-refractivity contribution in [3.05, 3.63) is 59.2 Å². The van der Waals surface area contributed by atoms with Gasteiger partial charge in [-0.3, -0.25) is 4.79 Å². The summed E-state index contributed by atoms with van der Waals surface area (Å²) in [5, 5.41) is 2.87. The van der Waals surface area contributed by atoms with Crippen LogP contribution in [0.3, 0.4) is 0 Å². The summed E-state index contributed by atoms with van der Waals surface area (Å²) in [5.41, 5.74) is 3.64. The summed E-state index contributed by atoms with van der Waals surface area (Å²) in [6.45, 7) is 4.03. The van der Waals surface area contributed by atoms with Gasteiger partial charge in [-0.25, -0.2) is 4.79 Å². The topological polar surface area (TPSA) is 58.6 Å². The summed E-state index contributed by atoms with van der Waals surface area (Å²) >= 11 is 0. The summed E-state index contributed by atoms with van der Waals surface area (Å²) in [4.78, 5) is 26.5. The number of benzene rings is 2. The molecule has 1 heterocycles. The van der Waals surface area contributed by atoms with Crippen LogP contribution in [0.25, 0.3) is 0 Å². The molecule has 130 valence electrons. The fraction of sp³-hybridized carbons (Fsp3) is 0.300. The lowest BCUT2D eigenvalue weighted by atomic mass is 10.1. The van der Waals surface area contributed by atoms with Gasteiger partial charge in [-0.1, -0.05) is 6.07 Å². The van der Waals surface area contributed by atoms with E-state index in [1.54, 1.807) is 18.2 Å². The molecule has 0 spiro atoms. The van der Waals surface area contributed by atoms with Crippen LogP contribution in [0.2, 0.25) is 0 Å². The molecule has 0 radical (unpaired) electrons. The van der Waals surface area contributed by atoms with Crippen LogP contribution in [-0.2, 0) is 4.74 Å². The molecule has 0 atom stereocenters. The number of hydrogen-bond donors (Lipinski definition) is 1. The number of nitrogens with one attached hydrogen (secondary N) is 1. The van der Waals surface area contributed by atoms with Crippen molar-refractivity contribution in [1.29, 1.82) is 0 Å². The molecule has 0 unspecified atom stereocenters. The van der Waals surface area contributed by atoms with Crippen molar-refractivity contribution >= 4 is 23.3 Å². The highest BCUT2D eigenvalue weighted by molar-refractivity contribution is 6.05. The Hall–Kier alpha value is -2.82. The molecule has 1 amide bonds. The van der Waals surface area contributed by atoms with Crippen molar-refractivity contribution in [2.45, 2.75) is 19.8 Å². The number of carbonyl (C=O) groups excluding carboxylic acids is 2. The van der Waals surface area contributed by atoms with E-state index in [1.165, 1.54) is 20.0 Å². The molecule has 0 aromatic heterocycles. The zero-order chi connectivity index (χ0) is 17.8. The standard InChI is InChI=1S/C20H22N2O3/c1-14-5-6-16(20(24)25-2)13-18(14)21-19(23)15-7-9-17(10-8-15)22-11-3-4-12-22/h5-10,13H,3-4,11-12H2,1-2H3,(H,21,23). The van der Waals surface area contributed by atoms with E-state index < -0.39 is 5.97 Å². The Morgan fingerprint density at radius 1 is 1.00 bits per heavy atom. The first kappa shape index (κ1) is 17.0. The molecule has 3 rings (SSSR count). The summed E-state index contributed by atoms with van der Waals surface area (Å²) < 4.78 is 4.73. The number of amides is 1. The number of nitrogens with zero attached hydrogens (tertiary/aromatic N) is 1. The van der Waals surface area contributed by atoms with Crippen LogP contribution in [0.15, 0.2) is 42.5 Å². The van der Waals surface area contributed by atoms with E-state index in [0.29, 0.717) is 16.8 Å². The molecule has 1 aliphatic rings. The summed E-state index contributed by atoms with van der Waals surface area (Å²) in [6, 6.07) is 12.7. The van der Waals surface area contributed by atoms with Gasteiger partial charge in [0.15, 0.2) is 0 Å². The van der Waals surface area contributed by atoms with Gasteiger partial charge in [-0.05, 0) is 61.7 Å². The Labute approximate surface area is 147 Å². The molecule has 2 aromatic carbocycles. The smallest absolute Gasteiger partial charge is 0.337 e. The molecule has 5 nitrogen and oxygen atoms in total. The number of ether oxygens (including phenoxy) is 1. The molecule has 1 saturated heterocycles. The van der Waals surface area contributed by atoms with Gasteiger partial charge in [0.05, 0.1) is 12.7 Å². The number of methoxy groups -OCH3 is 1. The lowest BCUT2D eigenvalue weighted by Crippen LogP contribution is -2.18. The Kier molecular flexibility index (Phi) is 5.03. The normalized spacial score (nSPS) is 13.6. The number of rotatable bonds is 4. The van der Waals surface area contributed by atoms with E-state index in [0.717, 1.165) is 24.3 Å². The number of anilines is 2.